The van der Waals surface area contributed by atoms with Crippen molar-refractivity contribution < 1.29 is 14.2 Å². The Morgan fingerprint density at radius 1 is 0.868 bits per heavy atom. The zero-order valence-electron chi connectivity index (χ0n) is 20.6. The van der Waals surface area contributed by atoms with Crippen molar-refractivity contribution in [1.29, 1.82) is 0 Å². The molecule has 8 heteroatoms. The Labute approximate surface area is 223 Å². The van der Waals surface area contributed by atoms with Crippen LogP contribution in [0.5, 0.6) is 23.1 Å². The summed E-state index contributed by atoms with van der Waals surface area (Å²) >= 11 is 6.83. The molecule has 7 rings (SSSR count). The molecule has 0 bridgehead atoms. The van der Waals surface area contributed by atoms with Gasteiger partial charge >= 0.3 is 0 Å². The lowest BCUT2D eigenvalue weighted by Crippen LogP contribution is -2.15. The first-order chi connectivity index (χ1) is 18.7. The molecular formula is C30H21ClN4O3. The highest BCUT2D eigenvalue weighted by atomic mass is 35.5. The first-order valence-electron chi connectivity index (χ1n) is 12.1. The number of halogens is 1. The van der Waals surface area contributed by atoms with Crippen LogP contribution >= 0.6 is 11.6 Å². The van der Waals surface area contributed by atoms with Crippen LogP contribution in [0.25, 0.3) is 27.8 Å². The van der Waals surface area contributed by atoms with Crippen molar-refractivity contribution >= 4 is 28.0 Å². The fraction of sp³-hybridized carbons (Fsp3) is 0.100. The van der Waals surface area contributed by atoms with Gasteiger partial charge < -0.3 is 14.2 Å². The molecule has 7 nitrogen and oxygen atoms in total. The van der Waals surface area contributed by atoms with Crippen LogP contribution in [-0.2, 0) is 0 Å². The van der Waals surface area contributed by atoms with Crippen LogP contribution in [0.4, 0.5) is 0 Å². The summed E-state index contributed by atoms with van der Waals surface area (Å²) in [5.41, 5.74) is 4.24. The molecule has 0 fully saturated rings. The average molecular weight is 521 g/mol. The van der Waals surface area contributed by atoms with Crippen molar-refractivity contribution in [2.45, 2.75) is 5.92 Å². The second-order valence-corrected chi connectivity index (χ2v) is 9.41. The van der Waals surface area contributed by atoms with E-state index < -0.39 is 0 Å². The number of rotatable bonds is 4. The van der Waals surface area contributed by atoms with E-state index in [2.05, 4.69) is 4.98 Å². The summed E-state index contributed by atoms with van der Waals surface area (Å²) in [5.74, 6) is 2.76. The van der Waals surface area contributed by atoms with Gasteiger partial charge in [-0.2, -0.15) is 0 Å². The van der Waals surface area contributed by atoms with Gasteiger partial charge in [-0.15, -0.1) is 5.10 Å². The molecule has 0 N–H and O–H groups in total. The van der Waals surface area contributed by atoms with Crippen LogP contribution in [0.15, 0.2) is 85.2 Å². The second-order valence-electron chi connectivity index (χ2n) is 9.00. The molecule has 0 saturated carbocycles. The standard InChI is InChI=1S/C30H21ClN4O3/c1-36-23-13-12-18(14-24(23)37-2)25-21-15-22(31)19-10-6-7-11-20(19)27(21)38-30-26(25)29-33-28(34-35(29)16-32-30)17-8-4-3-5-9-17/h3-16,25H,1-2H3. The number of methoxy groups -OCH3 is 2. The molecule has 1 aliphatic heterocycles. The maximum absolute atomic E-state index is 6.83. The highest BCUT2D eigenvalue weighted by Crippen LogP contribution is 2.52. The van der Waals surface area contributed by atoms with E-state index in [1.165, 1.54) is 0 Å². The van der Waals surface area contributed by atoms with Crippen molar-refractivity contribution in [3.05, 3.63) is 107 Å². The third-order valence-electron chi connectivity index (χ3n) is 6.93. The van der Waals surface area contributed by atoms with Gasteiger partial charge in [0.1, 0.15) is 12.1 Å². The molecule has 4 aromatic carbocycles. The third-order valence-corrected chi connectivity index (χ3v) is 7.24. The highest BCUT2D eigenvalue weighted by Gasteiger charge is 2.35. The van der Waals surface area contributed by atoms with Gasteiger partial charge in [0.25, 0.3) is 0 Å². The van der Waals surface area contributed by atoms with Crippen LogP contribution in [0, 0.1) is 0 Å². The van der Waals surface area contributed by atoms with Crippen LogP contribution < -0.4 is 14.2 Å². The molecule has 0 spiro atoms. The molecule has 6 aromatic rings. The smallest absolute Gasteiger partial charge is 0.228 e. The molecule has 0 amide bonds. The monoisotopic (exact) mass is 520 g/mol. The summed E-state index contributed by atoms with van der Waals surface area (Å²) in [4.78, 5) is 9.63. The van der Waals surface area contributed by atoms with Crippen LogP contribution in [0.2, 0.25) is 5.02 Å². The molecule has 0 radical (unpaired) electrons. The van der Waals surface area contributed by atoms with Crippen molar-refractivity contribution in [3.63, 3.8) is 0 Å². The molecule has 2 aromatic heterocycles. The molecule has 3 heterocycles. The zero-order chi connectivity index (χ0) is 25.8. The van der Waals surface area contributed by atoms with Gasteiger partial charge in [0.15, 0.2) is 23.0 Å². The number of nitrogens with zero attached hydrogens (tertiary/aromatic N) is 4. The number of ether oxygens (including phenoxy) is 3. The Bertz CT molecular complexity index is 1850. The molecule has 38 heavy (non-hydrogen) atoms. The Kier molecular flexibility index (Phi) is 5.19. The maximum Gasteiger partial charge on any atom is 0.228 e. The van der Waals surface area contributed by atoms with Gasteiger partial charge in [-0.1, -0.05) is 72.3 Å². The number of aromatic nitrogens is 4. The van der Waals surface area contributed by atoms with Crippen molar-refractivity contribution in [2.24, 2.45) is 0 Å². The van der Waals surface area contributed by atoms with Gasteiger partial charge in [0, 0.05) is 32.8 Å². The van der Waals surface area contributed by atoms with Crippen LogP contribution in [-0.4, -0.2) is 33.8 Å². The van der Waals surface area contributed by atoms with E-state index in [4.69, 9.17) is 35.9 Å². The Morgan fingerprint density at radius 2 is 1.63 bits per heavy atom. The van der Waals surface area contributed by atoms with Gasteiger partial charge in [-0.25, -0.2) is 14.5 Å². The summed E-state index contributed by atoms with van der Waals surface area (Å²) in [5, 5.41) is 7.19. The quantitative estimate of drug-likeness (QED) is 0.251. The lowest BCUT2D eigenvalue weighted by molar-refractivity contribution is 0.354. The van der Waals surface area contributed by atoms with Gasteiger partial charge in [-0.05, 0) is 23.8 Å². The Balaban J connectivity index is 1.54. The summed E-state index contributed by atoms with van der Waals surface area (Å²) in [6.45, 7) is 0. The normalized spacial score (nSPS) is 14.1. The second kappa shape index (κ2) is 8.75. The fourth-order valence-corrected chi connectivity index (χ4v) is 5.47. The number of benzene rings is 4. The lowest BCUT2D eigenvalue weighted by atomic mass is 9.82. The van der Waals surface area contributed by atoms with E-state index in [9.17, 15) is 0 Å². The predicted octanol–water partition coefficient (Wildman–Crippen LogP) is 6.90. The van der Waals surface area contributed by atoms with E-state index in [-0.39, 0.29) is 5.92 Å². The topological polar surface area (TPSA) is 70.8 Å². The van der Waals surface area contributed by atoms with Gasteiger partial charge in [0.2, 0.25) is 5.88 Å². The number of fused-ring (bicyclic) bond motifs is 6. The molecule has 1 unspecified atom stereocenters. The fourth-order valence-electron chi connectivity index (χ4n) is 5.19. The van der Waals surface area contributed by atoms with Gasteiger partial charge in [-0.3, -0.25) is 0 Å². The molecule has 0 aliphatic carbocycles. The molecular weight excluding hydrogens is 500 g/mol. The Morgan fingerprint density at radius 3 is 2.42 bits per heavy atom. The summed E-state index contributed by atoms with van der Waals surface area (Å²) < 4.78 is 19.4. The molecule has 0 saturated heterocycles. The minimum Gasteiger partial charge on any atom is -0.493 e. The van der Waals surface area contributed by atoms with Gasteiger partial charge in [0.05, 0.1) is 19.8 Å². The maximum atomic E-state index is 6.83. The van der Waals surface area contributed by atoms with E-state index in [1.807, 2.05) is 78.9 Å². The number of hydrogen-bond donors (Lipinski definition) is 0. The molecule has 186 valence electrons. The minimum atomic E-state index is -0.306. The predicted molar refractivity (Wildman–Crippen MR) is 146 cm³/mol. The van der Waals surface area contributed by atoms with Crippen molar-refractivity contribution in [1.82, 2.24) is 19.6 Å². The molecule has 1 atom stereocenters. The summed E-state index contributed by atoms with van der Waals surface area (Å²) in [7, 11) is 3.25. The molecule has 1 aliphatic rings. The Hall–Kier alpha value is -4.62. The van der Waals surface area contributed by atoms with Crippen molar-refractivity contribution in [2.75, 3.05) is 14.2 Å². The largest absolute Gasteiger partial charge is 0.493 e. The van der Waals surface area contributed by atoms with E-state index in [0.29, 0.717) is 33.9 Å². The highest BCUT2D eigenvalue weighted by molar-refractivity contribution is 6.36. The van der Waals surface area contributed by atoms with Crippen LogP contribution in [0.1, 0.15) is 22.6 Å². The number of hydrogen-bond acceptors (Lipinski definition) is 6. The lowest BCUT2D eigenvalue weighted by Gasteiger charge is -2.29. The van der Waals surface area contributed by atoms with E-state index >= 15 is 0 Å². The SMILES string of the molecule is COc1ccc(C2c3cc(Cl)c4ccccc4c3Oc3ncn4nc(-c5ccccc5)nc4c32)cc1OC. The van der Waals surface area contributed by atoms with Crippen molar-refractivity contribution in [3.8, 4) is 34.5 Å². The van der Waals surface area contributed by atoms with E-state index in [1.54, 1.807) is 25.1 Å². The summed E-state index contributed by atoms with van der Waals surface area (Å²) in [6, 6.07) is 25.7. The van der Waals surface area contributed by atoms with Crippen LogP contribution in [0.3, 0.4) is 0 Å². The first kappa shape index (κ1) is 22.6. The first-order valence-corrected chi connectivity index (χ1v) is 12.5. The zero-order valence-corrected chi connectivity index (χ0v) is 21.3. The average Bonchev–Trinajstić information content (AvgIpc) is 3.41. The van der Waals surface area contributed by atoms with E-state index in [0.717, 1.165) is 38.8 Å². The summed E-state index contributed by atoms with van der Waals surface area (Å²) in [6.07, 6.45) is 1.64. The third kappa shape index (κ3) is 3.39. The minimum absolute atomic E-state index is 0.306.